The van der Waals surface area contributed by atoms with E-state index in [9.17, 15) is 0 Å². The Morgan fingerprint density at radius 1 is 1.33 bits per heavy atom. The van der Waals surface area contributed by atoms with Gasteiger partial charge in [0, 0.05) is 43.8 Å². The summed E-state index contributed by atoms with van der Waals surface area (Å²) in [5.41, 5.74) is 1.57. The van der Waals surface area contributed by atoms with Crippen LogP contribution in [0.25, 0.3) is 0 Å². The summed E-state index contributed by atoms with van der Waals surface area (Å²) in [5.74, 6) is 0.532. The average Bonchev–Trinajstić information content (AvgIpc) is 2.93. The van der Waals surface area contributed by atoms with E-state index < -0.39 is 0 Å². The van der Waals surface area contributed by atoms with E-state index in [0.29, 0.717) is 11.5 Å². The molecule has 118 valence electrons. The second-order valence-corrected chi connectivity index (χ2v) is 7.73. The Morgan fingerprint density at radius 2 is 2.10 bits per heavy atom. The monoisotopic (exact) mass is 309 g/mol. The van der Waals surface area contributed by atoms with Crippen LogP contribution in [-0.2, 0) is 11.3 Å². The second-order valence-electron chi connectivity index (χ2n) is 6.79. The van der Waals surface area contributed by atoms with Gasteiger partial charge in [-0.15, -0.1) is 11.3 Å². The van der Waals surface area contributed by atoms with Crippen LogP contribution in [0.3, 0.4) is 0 Å². The molecule has 5 heteroatoms. The third-order valence-corrected chi connectivity index (χ3v) is 5.87. The van der Waals surface area contributed by atoms with Crippen molar-refractivity contribution in [3.63, 3.8) is 0 Å². The SMILES string of the molecule is CC(C)c1csc(CN2CCN(C)C3(CCOCC3)C2)n1. The predicted octanol–water partition coefficient (Wildman–Crippen LogP) is 2.56. The molecule has 0 radical (unpaired) electrons. The molecule has 2 fully saturated rings. The summed E-state index contributed by atoms with van der Waals surface area (Å²) in [4.78, 5) is 9.95. The maximum absolute atomic E-state index is 5.57. The van der Waals surface area contributed by atoms with Crippen LogP contribution in [0.15, 0.2) is 5.38 Å². The summed E-state index contributed by atoms with van der Waals surface area (Å²) >= 11 is 1.82. The van der Waals surface area contributed by atoms with Crippen molar-refractivity contribution < 1.29 is 4.74 Å². The van der Waals surface area contributed by atoms with E-state index in [1.807, 2.05) is 11.3 Å². The van der Waals surface area contributed by atoms with Gasteiger partial charge < -0.3 is 4.74 Å². The van der Waals surface area contributed by atoms with E-state index in [-0.39, 0.29) is 0 Å². The standard InChI is InChI=1S/C16H27N3OS/c1-13(2)14-11-21-15(17-14)10-19-7-6-18(3)16(12-19)4-8-20-9-5-16/h11,13H,4-10,12H2,1-3H3. The number of likely N-dealkylation sites (N-methyl/N-ethyl adjacent to an activating group) is 1. The van der Waals surface area contributed by atoms with Gasteiger partial charge in [0.15, 0.2) is 0 Å². The third kappa shape index (κ3) is 3.31. The molecule has 4 nitrogen and oxygen atoms in total. The van der Waals surface area contributed by atoms with Gasteiger partial charge in [-0.3, -0.25) is 9.80 Å². The molecule has 0 bridgehead atoms. The zero-order chi connectivity index (χ0) is 14.9. The van der Waals surface area contributed by atoms with E-state index in [1.54, 1.807) is 0 Å². The molecule has 3 rings (SSSR count). The number of aromatic nitrogens is 1. The molecular formula is C16H27N3OS. The lowest BCUT2D eigenvalue weighted by molar-refractivity contribution is -0.0625. The molecule has 0 amide bonds. The lowest BCUT2D eigenvalue weighted by Crippen LogP contribution is -2.62. The van der Waals surface area contributed by atoms with Gasteiger partial charge in [0.25, 0.3) is 0 Å². The van der Waals surface area contributed by atoms with Crippen LogP contribution >= 0.6 is 11.3 Å². The van der Waals surface area contributed by atoms with Crippen LogP contribution in [0.1, 0.15) is 43.3 Å². The third-order valence-electron chi connectivity index (χ3n) is 5.02. The molecule has 2 saturated heterocycles. The van der Waals surface area contributed by atoms with Crippen LogP contribution in [0.5, 0.6) is 0 Å². The molecule has 0 atom stereocenters. The Labute approximate surface area is 132 Å². The molecule has 3 heterocycles. The summed E-state index contributed by atoms with van der Waals surface area (Å²) in [7, 11) is 2.28. The van der Waals surface area contributed by atoms with E-state index in [0.717, 1.165) is 52.2 Å². The number of hydrogen-bond donors (Lipinski definition) is 0. The number of thiazole rings is 1. The highest BCUT2D eigenvalue weighted by molar-refractivity contribution is 7.09. The largest absolute Gasteiger partial charge is 0.381 e. The van der Waals surface area contributed by atoms with Gasteiger partial charge in [0.1, 0.15) is 5.01 Å². The van der Waals surface area contributed by atoms with Crippen molar-refractivity contribution in [2.75, 3.05) is 39.9 Å². The minimum atomic E-state index is 0.328. The van der Waals surface area contributed by atoms with E-state index in [4.69, 9.17) is 9.72 Å². The number of piperazine rings is 1. The maximum Gasteiger partial charge on any atom is 0.107 e. The summed E-state index contributed by atoms with van der Waals surface area (Å²) in [6.45, 7) is 10.7. The molecule has 1 spiro atoms. The van der Waals surface area contributed by atoms with Gasteiger partial charge >= 0.3 is 0 Å². The number of hydrogen-bond acceptors (Lipinski definition) is 5. The molecule has 0 aliphatic carbocycles. The van der Waals surface area contributed by atoms with E-state index >= 15 is 0 Å². The molecule has 21 heavy (non-hydrogen) atoms. The zero-order valence-corrected chi connectivity index (χ0v) is 14.3. The normalized spacial score (nSPS) is 24.0. The van der Waals surface area contributed by atoms with Crippen molar-refractivity contribution in [1.29, 1.82) is 0 Å². The van der Waals surface area contributed by atoms with Crippen molar-refractivity contribution in [1.82, 2.24) is 14.8 Å². The Bertz CT molecular complexity index is 468. The zero-order valence-electron chi connectivity index (χ0n) is 13.5. The van der Waals surface area contributed by atoms with E-state index in [1.165, 1.54) is 10.7 Å². The number of nitrogens with zero attached hydrogens (tertiary/aromatic N) is 3. The predicted molar refractivity (Wildman–Crippen MR) is 86.9 cm³/mol. The number of ether oxygens (including phenoxy) is 1. The van der Waals surface area contributed by atoms with Gasteiger partial charge in [0.2, 0.25) is 0 Å². The van der Waals surface area contributed by atoms with E-state index in [2.05, 4.69) is 36.1 Å². The fourth-order valence-corrected chi connectivity index (χ4v) is 4.42. The van der Waals surface area contributed by atoms with Crippen LogP contribution in [0, 0.1) is 0 Å². The quantitative estimate of drug-likeness (QED) is 0.858. The number of rotatable bonds is 3. The summed E-state index contributed by atoms with van der Waals surface area (Å²) in [5, 5.41) is 3.49. The Morgan fingerprint density at radius 3 is 2.76 bits per heavy atom. The molecule has 0 saturated carbocycles. The van der Waals surface area contributed by atoms with Crippen molar-refractivity contribution in [2.24, 2.45) is 0 Å². The van der Waals surface area contributed by atoms with Gasteiger partial charge in [-0.25, -0.2) is 4.98 Å². The molecule has 0 unspecified atom stereocenters. The molecule has 1 aromatic rings. The van der Waals surface area contributed by atoms with Gasteiger partial charge in [-0.05, 0) is 25.8 Å². The lowest BCUT2D eigenvalue weighted by atomic mass is 9.86. The highest BCUT2D eigenvalue weighted by Gasteiger charge is 2.40. The summed E-state index contributed by atoms with van der Waals surface area (Å²) in [6, 6.07) is 0. The van der Waals surface area contributed by atoms with Crippen LogP contribution in [0.2, 0.25) is 0 Å². The maximum atomic E-state index is 5.57. The smallest absolute Gasteiger partial charge is 0.107 e. The molecule has 2 aliphatic rings. The highest BCUT2D eigenvalue weighted by Crippen LogP contribution is 2.31. The molecule has 1 aromatic heterocycles. The van der Waals surface area contributed by atoms with Crippen molar-refractivity contribution in [3.05, 3.63) is 16.1 Å². The summed E-state index contributed by atoms with van der Waals surface area (Å²) < 4.78 is 5.57. The Balaban J connectivity index is 1.65. The first-order valence-corrected chi connectivity index (χ1v) is 8.93. The van der Waals surface area contributed by atoms with Gasteiger partial charge in [-0.1, -0.05) is 13.8 Å². The minimum absolute atomic E-state index is 0.328. The highest BCUT2D eigenvalue weighted by atomic mass is 32.1. The van der Waals surface area contributed by atoms with Crippen LogP contribution < -0.4 is 0 Å². The fraction of sp³-hybridized carbons (Fsp3) is 0.812. The average molecular weight is 309 g/mol. The van der Waals surface area contributed by atoms with Gasteiger partial charge in [-0.2, -0.15) is 0 Å². The van der Waals surface area contributed by atoms with Gasteiger partial charge in [0.05, 0.1) is 12.2 Å². The van der Waals surface area contributed by atoms with Crippen LogP contribution in [0.4, 0.5) is 0 Å². The topological polar surface area (TPSA) is 28.6 Å². The molecule has 0 N–H and O–H groups in total. The molecular weight excluding hydrogens is 282 g/mol. The Kier molecular flexibility index (Phi) is 4.64. The first-order valence-electron chi connectivity index (χ1n) is 8.05. The minimum Gasteiger partial charge on any atom is -0.381 e. The fourth-order valence-electron chi connectivity index (χ4n) is 3.42. The summed E-state index contributed by atoms with van der Waals surface area (Å²) in [6.07, 6.45) is 2.32. The first kappa shape index (κ1) is 15.4. The van der Waals surface area contributed by atoms with Crippen molar-refractivity contribution in [3.8, 4) is 0 Å². The Hall–Kier alpha value is -0.490. The van der Waals surface area contributed by atoms with Crippen molar-refractivity contribution in [2.45, 2.75) is 44.7 Å². The van der Waals surface area contributed by atoms with Crippen LogP contribution in [-0.4, -0.2) is 60.2 Å². The first-order chi connectivity index (χ1) is 10.1. The molecule has 2 aliphatic heterocycles. The lowest BCUT2D eigenvalue weighted by Gasteiger charge is -2.51. The molecule has 0 aromatic carbocycles. The second kappa shape index (κ2) is 6.32. The van der Waals surface area contributed by atoms with Crippen molar-refractivity contribution >= 4 is 11.3 Å².